The molecule has 1 aliphatic rings. The minimum atomic E-state index is -0.756. The minimum absolute atomic E-state index is 0.0192. The van der Waals surface area contributed by atoms with Crippen LogP contribution in [0.1, 0.15) is 22.7 Å². The Morgan fingerprint density at radius 2 is 1.64 bits per heavy atom. The van der Waals surface area contributed by atoms with Gasteiger partial charge in [0.05, 0.1) is 28.8 Å². The van der Waals surface area contributed by atoms with Gasteiger partial charge in [-0.3, -0.25) is 9.59 Å². The third kappa shape index (κ3) is 5.06. The fraction of sp³-hybridized carbons (Fsp3) is 0.214. The molecule has 0 aliphatic carbocycles. The molecule has 3 aromatic rings. The normalized spacial score (nSPS) is 16.9. The molecule has 0 spiro atoms. The first-order valence-electron chi connectivity index (χ1n) is 11.3. The molecule has 1 N–H and O–H groups in total. The quantitative estimate of drug-likeness (QED) is 0.242. The molecule has 1 amide bonds. The number of ketones is 1. The molecule has 36 heavy (non-hydrogen) atoms. The molecule has 1 saturated heterocycles. The van der Waals surface area contributed by atoms with Gasteiger partial charge in [-0.2, -0.15) is 0 Å². The van der Waals surface area contributed by atoms with E-state index in [4.69, 9.17) is 27.9 Å². The van der Waals surface area contributed by atoms with Crippen LogP contribution in [0.3, 0.4) is 0 Å². The smallest absolute Gasteiger partial charge is 0.295 e. The molecule has 8 heteroatoms. The van der Waals surface area contributed by atoms with E-state index >= 15 is 0 Å². The molecule has 186 valence electrons. The maximum atomic E-state index is 13.2. The Labute approximate surface area is 220 Å². The van der Waals surface area contributed by atoms with Crippen molar-refractivity contribution in [1.82, 2.24) is 4.90 Å². The molecule has 1 heterocycles. The summed E-state index contributed by atoms with van der Waals surface area (Å²) in [6.07, 6.45) is 0.524. The molecule has 0 aromatic heterocycles. The summed E-state index contributed by atoms with van der Waals surface area (Å²) in [4.78, 5) is 29.9. The van der Waals surface area contributed by atoms with Crippen molar-refractivity contribution < 1.29 is 19.4 Å². The lowest BCUT2D eigenvalue weighted by Gasteiger charge is -2.26. The molecule has 0 bridgehead atoms. The number of aliphatic hydroxyl groups is 1. The van der Waals surface area contributed by atoms with Crippen molar-refractivity contribution in [3.05, 3.63) is 99.0 Å². The average Bonchev–Trinajstić information content (AvgIpc) is 3.13. The summed E-state index contributed by atoms with van der Waals surface area (Å²) in [7, 11) is 5.46. The van der Waals surface area contributed by atoms with Crippen molar-refractivity contribution in [3.63, 3.8) is 0 Å². The van der Waals surface area contributed by atoms with Crippen LogP contribution >= 0.6 is 23.2 Å². The number of benzene rings is 3. The summed E-state index contributed by atoms with van der Waals surface area (Å²) in [6.45, 7) is 0.287. The van der Waals surface area contributed by atoms with Crippen LogP contribution in [0.15, 0.2) is 72.3 Å². The molecular formula is C28H26Cl2N2O4. The summed E-state index contributed by atoms with van der Waals surface area (Å²) >= 11 is 12.2. The molecule has 0 radical (unpaired) electrons. The van der Waals surface area contributed by atoms with Gasteiger partial charge in [0.1, 0.15) is 11.5 Å². The first-order chi connectivity index (χ1) is 17.2. The van der Waals surface area contributed by atoms with Crippen LogP contribution in [-0.2, 0) is 16.0 Å². The van der Waals surface area contributed by atoms with E-state index in [1.807, 2.05) is 67.5 Å². The third-order valence-corrected chi connectivity index (χ3v) is 7.00. The van der Waals surface area contributed by atoms with Gasteiger partial charge in [-0.25, -0.2) is 0 Å². The fourth-order valence-corrected chi connectivity index (χ4v) is 4.55. The highest BCUT2D eigenvalue weighted by molar-refractivity contribution is 6.46. The highest BCUT2D eigenvalue weighted by Gasteiger charge is 2.45. The number of Topliss-reactive ketones (excluding diaryl/α,β-unsaturated/α-hetero) is 1. The molecular weight excluding hydrogens is 499 g/mol. The van der Waals surface area contributed by atoms with Crippen LogP contribution in [0, 0.1) is 0 Å². The zero-order valence-corrected chi connectivity index (χ0v) is 21.7. The first-order valence-corrected chi connectivity index (χ1v) is 12.1. The van der Waals surface area contributed by atoms with Crippen molar-refractivity contribution in [2.45, 2.75) is 12.5 Å². The van der Waals surface area contributed by atoms with Gasteiger partial charge in [-0.15, -0.1) is 0 Å². The van der Waals surface area contributed by atoms with Crippen LogP contribution in [0.2, 0.25) is 10.0 Å². The van der Waals surface area contributed by atoms with Gasteiger partial charge in [-0.05, 0) is 60.0 Å². The number of carbonyl (C=O) groups excluding carboxylic acids is 2. The molecule has 1 fully saturated rings. The second-order valence-corrected chi connectivity index (χ2v) is 9.52. The number of aliphatic hydroxyl groups excluding tert-OH is 1. The highest BCUT2D eigenvalue weighted by Crippen LogP contribution is 2.40. The van der Waals surface area contributed by atoms with Crippen molar-refractivity contribution in [2.24, 2.45) is 0 Å². The lowest BCUT2D eigenvalue weighted by Crippen LogP contribution is -2.31. The summed E-state index contributed by atoms with van der Waals surface area (Å²) in [5.74, 6) is -0.954. The highest BCUT2D eigenvalue weighted by atomic mass is 35.5. The molecule has 0 saturated carbocycles. The largest absolute Gasteiger partial charge is 0.507 e. The van der Waals surface area contributed by atoms with Crippen LogP contribution < -0.4 is 9.64 Å². The zero-order chi connectivity index (χ0) is 26.0. The average molecular weight is 525 g/mol. The Bertz CT molecular complexity index is 1320. The summed E-state index contributed by atoms with van der Waals surface area (Å²) < 4.78 is 5.21. The Morgan fingerprint density at radius 3 is 2.22 bits per heavy atom. The number of hydrogen-bond donors (Lipinski definition) is 1. The first kappa shape index (κ1) is 25.6. The van der Waals surface area contributed by atoms with E-state index in [1.165, 1.54) is 11.0 Å². The molecule has 1 unspecified atom stereocenters. The number of carbonyl (C=O) groups is 2. The van der Waals surface area contributed by atoms with Gasteiger partial charge >= 0.3 is 0 Å². The lowest BCUT2D eigenvalue weighted by molar-refractivity contribution is -0.139. The van der Waals surface area contributed by atoms with E-state index in [2.05, 4.69) is 0 Å². The summed E-state index contributed by atoms with van der Waals surface area (Å²) in [5.41, 5.74) is 3.01. The monoisotopic (exact) mass is 524 g/mol. The Hall–Kier alpha value is -3.48. The van der Waals surface area contributed by atoms with E-state index in [0.29, 0.717) is 17.0 Å². The number of amides is 1. The number of hydrogen-bond acceptors (Lipinski definition) is 5. The maximum Gasteiger partial charge on any atom is 0.295 e. The van der Waals surface area contributed by atoms with Crippen LogP contribution in [0.25, 0.3) is 5.76 Å². The number of likely N-dealkylation sites (tertiary alicyclic amines) is 1. The molecule has 1 aliphatic heterocycles. The number of nitrogens with zero attached hydrogens (tertiary/aromatic N) is 2. The van der Waals surface area contributed by atoms with Gasteiger partial charge in [-0.1, -0.05) is 47.5 Å². The zero-order valence-electron chi connectivity index (χ0n) is 20.2. The lowest BCUT2D eigenvalue weighted by atomic mass is 9.95. The van der Waals surface area contributed by atoms with Crippen molar-refractivity contribution >= 4 is 46.3 Å². The molecule has 1 atom stereocenters. The van der Waals surface area contributed by atoms with Gasteiger partial charge in [0.15, 0.2) is 0 Å². The standard InChI is InChI=1S/C28H26Cl2N2O4/c1-31(2)20-9-6-18(7-10-20)25-24(26(33)19-8-13-22(29)23(30)16-19)27(34)28(35)32(25)15-14-17-4-11-21(36-3)12-5-17/h4-13,16,25,33H,14-15H2,1-3H3/b26-24-. The van der Waals surface area contributed by atoms with Gasteiger partial charge < -0.3 is 19.6 Å². The Morgan fingerprint density at radius 1 is 0.972 bits per heavy atom. The van der Waals surface area contributed by atoms with E-state index in [1.54, 1.807) is 19.2 Å². The van der Waals surface area contributed by atoms with Crippen LogP contribution in [0.4, 0.5) is 5.69 Å². The second-order valence-electron chi connectivity index (χ2n) is 8.71. The van der Waals surface area contributed by atoms with E-state index in [-0.39, 0.29) is 22.9 Å². The summed E-state index contributed by atoms with van der Waals surface area (Å²) in [5, 5.41) is 11.8. The van der Waals surface area contributed by atoms with Crippen molar-refractivity contribution in [3.8, 4) is 5.75 Å². The van der Waals surface area contributed by atoms with Crippen LogP contribution in [-0.4, -0.2) is 49.4 Å². The van der Waals surface area contributed by atoms with Crippen molar-refractivity contribution in [1.29, 1.82) is 0 Å². The number of anilines is 1. The molecule has 6 nitrogen and oxygen atoms in total. The second kappa shape index (κ2) is 10.6. The third-order valence-electron chi connectivity index (χ3n) is 6.26. The van der Waals surface area contributed by atoms with E-state index in [0.717, 1.165) is 22.6 Å². The minimum Gasteiger partial charge on any atom is -0.507 e. The Balaban J connectivity index is 1.76. The van der Waals surface area contributed by atoms with Crippen LogP contribution in [0.5, 0.6) is 5.75 Å². The predicted octanol–water partition coefficient (Wildman–Crippen LogP) is 5.73. The number of rotatable bonds is 7. The van der Waals surface area contributed by atoms with E-state index in [9.17, 15) is 14.7 Å². The number of halogens is 2. The van der Waals surface area contributed by atoms with Gasteiger partial charge in [0.2, 0.25) is 0 Å². The van der Waals surface area contributed by atoms with Crippen molar-refractivity contribution in [2.75, 3.05) is 32.6 Å². The van der Waals surface area contributed by atoms with Gasteiger partial charge in [0.25, 0.3) is 11.7 Å². The van der Waals surface area contributed by atoms with Gasteiger partial charge in [0, 0.05) is 31.9 Å². The predicted molar refractivity (Wildman–Crippen MR) is 143 cm³/mol. The number of ether oxygens (including phenoxy) is 1. The Kier molecular flexibility index (Phi) is 7.57. The number of methoxy groups -OCH3 is 1. The topological polar surface area (TPSA) is 70.1 Å². The SMILES string of the molecule is COc1ccc(CCN2C(=O)C(=O)/C(=C(\O)c3ccc(Cl)c(Cl)c3)C2c2ccc(N(C)C)cc2)cc1. The van der Waals surface area contributed by atoms with E-state index < -0.39 is 17.7 Å². The summed E-state index contributed by atoms with van der Waals surface area (Å²) in [6, 6.07) is 19.0. The fourth-order valence-electron chi connectivity index (χ4n) is 4.25. The molecule has 4 rings (SSSR count). The maximum absolute atomic E-state index is 13.2. The molecule has 3 aromatic carbocycles.